The van der Waals surface area contributed by atoms with Gasteiger partial charge in [0.2, 0.25) is 11.8 Å². The molecule has 1 aromatic heterocycles. The Morgan fingerprint density at radius 1 is 1.05 bits per heavy atom. The number of hydrogen-bond donors (Lipinski definition) is 1. The van der Waals surface area contributed by atoms with Gasteiger partial charge in [0.05, 0.1) is 26.0 Å². The molecule has 6 nitrogen and oxygen atoms in total. The third-order valence-corrected chi connectivity index (χ3v) is 2.51. The molecule has 0 radical (unpaired) electrons. The van der Waals surface area contributed by atoms with Crippen LogP contribution in [0.5, 0.6) is 23.5 Å². The Morgan fingerprint density at radius 3 is 2.21 bits per heavy atom. The molecule has 0 saturated heterocycles. The first-order valence-corrected chi connectivity index (χ1v) is 5.64. The topological polar surface area (TPSA) is 79.5 Å². The summed E-state index contributed by atoms with van der Waals surface area (Å²) in [4.78, 5) is 8.17. The molecule has 2 rings (SSSR count). The van der Waals surface area contributed by atoms with E-state index < -0.39 is 0 Å². The number of nitrogens with two attached hydrogens (primary N) is 1. The highest BCUT2D eigenvalue weighted by Crippen LogP contribution is 2.30. The zero-order chi connectivity index (χ0) is 13.8. The zero-order valence-corrected chi connectivity index (χ0v) is 11.0. The second kappa shape index (κ2) is 5.43. The standard InChI is InChI=1S/C13H15N3O3/c1-8-5-4-6-9(14)12(8)19-13-15-10(17-2)7-11(16-13)18-3/h4-7H,14H2,1-3H3. The molecule has 0 aliphatic rings. The van der Waals surface area contributed by atoms with Crippen LogP contribution in [0.2, 0.25) is 0 Å². The van der Waals surface area contributed by atoms with Crippen molar-refractivity contribution in [1.29, 1.82) is 0 Å². The molecule has 0 aliphatic heterocycles. The summed E-state index contributed by atoms with van der Waals surface area (Å²) in [6.07, 6.45) is 0. The van der Waals surface area contributed by atoms with Gasteiger partial charge in [-0.1, -0.05) is 12.1 Å². The number of benzene rings is 1. The minimum Gasteiger partial charge on any atom is -0.481 e. The number of aryl methyl sites for hydroxylation is 1. The van der Waals surface area contributed by atoms with Crippen molar-refractivity contribution >= 4 is 5.69 Å². The Balaban J connectivity index is 2.37. The average molecular weight is 261 g/mol. The number of nitrogens with zero attached hydrogens (tertiary/aromatic N) is 2. The number of anilines is 1. The van der Waals surface area contributed by atoms with E-state index in [-0.39, 0.29) is 6.01 Å². The summed E-state index contributed by atoms with van der Waals surface area (Å²) in [5.74, 6) is 1.24. The Labute approximate surface area is 111 Å². The molecule has 0 aliphatic carbocycles. The number of nitrogen functional groups attached to an aromatic ring is 1. The van der Waals surface area contributed by atoms with Gasteiger partial charge in [0.25, 0.3) is 0 Å². The predicted molar refractivity (Wildman–Crippen MR) is 70.8 cm³/mol. The summed E-state index contributed by atoms with van der Waals surface area (Å²) >= 11 is 0. The van der Waals surface area contributed by atoms with Gasteiger partial charge in [-0.05, 0) is 18.6 Å². The van der Waals surface area contributed by atoms with Gasteiger partial charge in [0.15, 0.2) is 5.75 Å². The molecule has 1 aromatic carbocycles. The SMILES string of the molecule is COc1cc(OC)nc(Oc2c(C)cccc2N)n1. The highest BCUT2D eigenvalue weighted by molar-refractivity contribution is 5.57. The van der Waals surface area contributed by atoms with Crippen LogP contribution in [-0.2, 0) is 0 Å². The van der Waals surface area contributed by atoms with E-state index in [1.165, 1.54) is 14.2 Å². The number of hydrogen-bond acceptors (Lipinski definition) is 6. The lowest BCUT2D eigenvalue weighted by Gasteiger charge is -2.11. The fraction of sp³-hybridized carbons (Fsp3) is 0.231. The molecule has 0 unspecified atom stereocenters. The summed E-state index contributed by atoms with van der Waals surface area (Å²) < 4.78 is 15.7. The highest BCUT2D eigenvalue weighted by Gasteiger charge is 2.11. The van der Waals surface area contributed by atoms with E-state index in [9.17, 15) is 0 Å². The number of para-hydroxylation sites is 1. The van der Waals surface area contributed by atoms with Gasteiger partial charge in [-0.2, -0.15) is 9.97 Å². The van der Waals surface area contributed by atoms with Crippen molar-refractivity contribution in [2.45, 2.75) is 6.92 Å². The number of rotatable bonds is 4. The Hall–Kier alpha value is -2.50. The first-order valence-electron chi connectivity index (χ1n) is 5.64. The molecule has 1 heterocycles. The minimum atomic E-state index is 0.122. The fourth-order valence-electron chi connectivity index (χ4n) is 1.54. The van der Waals surface area contributed by atoms with Gasteiger partial charge < -0.3 is 19.9 Å². The van der Waals surface area contributed by atoms with E-state index in [1.807, 2.05) is 19.1 Å². The van der Waals surface area contributed by atoms with E-state index >= 15 is 0 Å². The quantitative estimate of drug-likeness (QED) is 0.850. The maximum absolute atomic E-state index is 5.87. The van der Waals surface area contributed by atoms with Crippen LogP contribution in [0.4, 0.5) is 5.69 Å². The molecule has 0 amide bonds. The van der Waals surface area contributed by atoms with E-state index in [2.05, 4.69) is 9.97 Å². The van der Waals surface area contributed by atoms with Crippen LogP contribution in [0, 0.1) is 6.92 Å². The van der Waals surface area contributed by atoms with Gasteiger partial charge in [0, 0.05) is 0 Å². The molecule has 2 N–H and O–H groups in total. The normalized spacial score (nSPS) is 10.1. The predicted octanol–water partition coefficient (Wildman–Crippen LogP) is 2.18. The first-order chi connectivity index (χ1) is 9.13. The lowest BCUT2D eigenvalue weighted by atomic mass is 10.2. The molecule has 0 bridgehead atoms. The zero-order valence-electron chi connectivity index (χ0n) is 11.0. The number of methoxy groups -OCH3 is 2. The fourth-order valence-corrected chi connectivity index (χ4v) is 1.54. The third-order valence-electron chi connectivity index (χ3n) is 2.51. The van der Waals surface area contributed by atoms with E-state index in [4.69, 9.17) is 19.9 Å². The molecule has 0 atom stereocenters. The molecule has 0 spiro atoms. The summed E-state index contributed by atoms with van der Waals surface area (Å²) in [6.45, 7) is 1.89. The average Bonchev–Trinajstić information content (AvgIpc) is 2.42. The molecule has 6 heteroatoms. The van der Waals surface area contributed by atoms with Crippen LogP contribution in [0.25, 0.3) is 0 Å². The van der Waals surface area contributed by atoms with Crippen LogP contribution in [0.3, 0.4) is 0 Å². The van der Waals surface area contributed by atoms with Crippen molar-refractivity contribution in [1.82, 2.24) is 9.97 Å². The van der Waals surface area contributed by atoms with E-state index in [1.54, 1.807) is 12.1 Å². The summed E-state index contributed by atoms with van der Waals surface area (Å²) in [6, 6.07) is 7.18. The van der Waals surface area contributed by atoms with E-state index in [0.29, 0.717) is 23.2 Å². The van der Waals surface area contributed by atoms with Gasteiger partial charge in [-0.15, -0.1) is 0 Å². The number of ether oxygens (including phenoxy) is 3. The summed E-state index contributed by atoms with van der Waals surface area (Å²) in [5, 5.41) is 0. The lowest BCUT2D eigenvalue weighted by molar-refractivity contribution is 0.348. The Morgan fingerprint density at radius 2 is 1.68 bits per heavy atom. The first kappa shape index (κ1) is 12.9. The van der Waals surface area contributed by atoms with Gasteiger partial charge in [-0.3, -0.25) is 0 Å². The lowest BCUT2D eigenvalue weighted by Crippen LogP contribution is -2.00. The van der Waals surface area contributed by atoms with Gasteiger partial charge >= 0.3 is 6.01 Å². The number of aromatic nitrogens is 2. The van der Waals surface area contributed by atoms with Crippen LogP contribution in [0.15, 0.2) is 24.3 Å². The molecule has 2 aromatic rings. The van der Waals surface area contributed by atoms with Crippen LogP contribution in [-0.4, -0.2) is 24.2 Å². The minimum absolute atomic E-state index is 0.122. The van der Waals surface area contributed by atoms with Crippen molar-refractivity contribution in [2.75, 3.05) is 20.0 Å². The van der Waals surface area contributed by atoms with Gasteiger partial charge in [-0.25, -0.2) is 0 Å². The molecular weight excluding hydrogens is 246 g/mol. The third kappa shape index (κ3) is 2.85. The van der Waals surface area contributed by atoms with Crippen molar-refractivity contribution in [3.8, 4) is 23.5 Å². The molecule has 0 saturated carbocycles. The van der Waals surface area contributed by atoms with Gasteiger partial charge in [0.1, 0.15) is 0 Å². The van der Waals surface area contributed by atoms with Crippen molar-refractivity contribution < 1.29 is 14.2 Å². The van der Waals surface area contributed by atoms with Crippen LogP contribution >= 0.6 is 0 Å². The smallest absolute Gasteiger partial charge is 0.328 e. The van der Waals surface area contributed by atoms with Crippen molar-refractivity contribution in [3.05, 3.63) is 29.8 Å². The Kier molecular flexibility index (Phi) is 3.70. The van der Waals surface area contributed by atoms with E-state index in [0.717, 1.165) is 5.56 Å². The monoisotopic (exact) mass is 261 g/mol. The van der Waals surface area contributed by atoms with Crippen molar-refractivity contribution in [3.63, 3.8) is 0 Å². The summed E-state index contributed by atoms with van der Waals surface area (Å²) in [5.41, 5.74) is 7.28. The molecule has 0 fully saturated rings. The summed E-state index contributed by atoms with van der Waals surface area (Å²) in [7, 11) is 3.02. The maximum Gasteiger partial charge on any atom is 0.328 e. The Bertz CT molecular complexity index is 545. The van der Waals surface area contributed by atoms with Crippen LogP contribution < -0.4 is 19.9 Å². The second-order valence-corrected chi connectivity index (χ2v) is 3.83. The molecular formula is C13H15N3O3. The largest absolute Gasteiger partial charge is 0.481 e. The second-order valence-electron chi connectivity index (χ2n) is 3.83. The molecule has 100 valence electrons. The maximum atomic E-state index is 5.87. The highest BCUT2D eigenvalue weighted by atomic mass is 16.5. The van der Waals surface area contributed by atoms with Crippen molar-refractivity contribution in [2.24, 2.45) is 0 Å². The van der Waals surface area contributed by atoms with Crippen LogP contribution in [0.1, 0.15) is 5.56 Å². The molecule has 19 heavy (non-hydrogen) atoms.